The predicted octanol–water partition coefficient (Wildman–Crippen LogP) is 20.2. The molecule has 0 aromatic heterocycles. The molecule has 2 nitrogen and oxygen atoms in total. The fourth-order valence-corrected chi connectivity index (χ4v) is 14.2. The van der Waals surface area contributed by atoms with Crippen molar-refractivity contribution >= 4 is 34.1 Å². The first-order chi connectivity index (χ1) is 37.0. The maximum Gasteiger partial charge on any atom is 0.0726 e. The minimum atomic E-state index is -0.557. The highest BCUT2D eigenvalue weighted by molar-refractivity contribution is 5.98. The molecule has 1 spiro atoms. The number of rotatable bonds is 6. The van der Waals surface area contributed by atoms with Gasteiger partial charge in [-0.05, 0) is 184 Å². The summed E-state index contributed by atoms with van der Waals surface area (Å²) in [5, 5.41) is 0. The molecule has 10 aromatic carbocycles. The highest BCUT2D eigenvalue weighted by Crippen LogP contribution is 2.64. The minimum absolute atomic E-state index is 0.0228. The minimum Gasteiger partial charge on any atom is -0.310 e. The molecule has 14 rings (SSSR count). The van der Waals surface area contributed by atoms with Crippen LogP contribution >= 0.6 is 0 Å². The van der Waals surface area contributed by atoms with Crippen LogP contribution in [0.25, 0.3) is 44.5 Å². The first kappa shape index (κ1) is 47.3. The SMILES string of the molecule is CC(C)(C)c1ccc(N(c2ccc3c(c2)-c2ccc(N(c4ccc(C(C)(C)C)cc4)c4ccc5c(c4)C(C)(C)c4ccccc4-5)cc2C32c3ccccc3-c3ccccc32)c2ccc3c(c2)C(C)(C)c2ccccc2-3)cc1. The van der Waals surface area contributed by atoms with Gasteiger partial charge in [0.15, 0.2) is 0 Å². The van der Waals surface area contributed by atoms with Crippen LogP contribution in [0.15, 0.2) is 218 Å². The second-order valence-corrected chi connectivity index (χ2v) is 25.4. The van der Waals surface area contributed by atoms with Crippen molar-refractivity contribution in [3.63, 3.8) is 0 Å². The van der Waals surface area contributed by atoms with Gasteiger partial charge in [-0.2, -0.15) is 0 Å². The van der Waals surface area contributed by atoms with E-state index in [1.165, 1.54) is 100 Å². The van der Waals surface area contributed by atoms with Gasteiger partial charge < -0.3 is 9.80 Å². The van der Waals surface area contributed by atoms with E-state index < -0.39 is 5.41 Å². The lowest BCUT2D eigenvalue weighted by Crippen LogP contribution is -2.26. The molecule has 0 N–H and O–H groups in total. The molecule has 0 unspecified atom stereocenters. The Kier molecular flexibility index (Phi) is 10.1. The predicted molar refractivity (Wildman–Crippen MR) is 325 cm³/mol. The molecule has 4 aliphatic carbocycles. The third kappa shape index (κ3) is 6.80. The van der Waals surface area contributed by atoms with Gasteiger partial charge in [-0.3, -0.25) is 0 Å². The van der Waals surface area contributed by atoms with E-state index in [-0.39, 0.29) is 21.7 Å². The second kappa shape index (κ2) is 16.4. The summed E-state index contributed by atoms with van der Waals surface area (Å²) in [4.78, 5) is 5.01. The lowest BCUT2D eigenvalue weighted by Gasteiger charge is -2.33. The monoisotopic (exact) mass is 995 g/mol. The molecule has 376 valence electrons. The third-order valence-corrected chi connectivity index (χ3v) is 18.2. The van der Waals surface area contributed by atoms with Gasteiger partial charge in [0.05, 0.1) is 5.41 Å². The van der Waals surface area contributed by atoms with Crippen molar-refractivity contribution in [3.8, 4) is 44.5 Å². The van der Waals surface area contributed by atoms with E-state index >= 15 is 0 Å². The first-order valence-corrected chi connectivity index (χ1v) is 27.7. The van der Waals surface area contributed by atoms with Gasteiger partial charge in [-0.25, -0.2) is 0 Å². The molecule has 0 bridgehead atoms. The molecular weight excluding hydrogens is 929 g/mol. The van der Waals surface area contributed by atoms with Crippen molar-refractivity contribution < 1.29 is 0 Å². The quantitative estimate of drug-likeness (QED) is 0.164. The first-order valence-electron chi connectivity index (χ1n) is 27.7. The summed E-state index contributed by atoms with van der Waals surface area (Å²) in [6.07, 6.45) is 0. The molecule has 0 saturated carbocycles. The van der Waals surface area contributed by atoms with E-state index in [2.05, 4.69) is 297 Å². The van der Waals surface area contributed by atoms with Crippen molar-refractivity contribution in [3.05, 3.63) is 274 Å². The summed E-state index contributed by atoms with van der Waals surface area (Å²) in [6.45, 7) is 23.3. The zero-order valence-corrected chi connectivity index (χ0v) is 46.2. The van der Waals surface area contributed by atoms with Gasteiger partial charge in [-0.15, -0.1) is 0 Å². The van der Waals surface area contributed by atoms with E-state index in [9.17, 15) is 0 Å². The van der Waals surface area contributed by atoms with Crippen molar-refractivity contribution in [1.29, 1.82) is 0 Å². The van der Waals surface area contributed by atoms with E-state index in [1.807, 2.05) is 0 Å². The van der Waals surface area contributed by atoms with Crippen LogP contribution in [0.3, 0.4) is 0 Å². The molecule has 0 saturated heterocycles. The molecule has 10 aromatic rings. The van der Waals surface area contributed by atoms with Crippen LogP contribution in [0.2, 0.25) is 0 Å². The highest BCUT2D eigenvalue weighted by Gasteiger charge is 2.52. The van der Waals surface area contributed by atoms with Crippen LogP contribution in [0.4, 0.5) is 34.1 Å². The number of benzene rings is 10. The zero-order valence-electron chi connectivity index (χ0n) is 46.2. The fourth-order valence-electron chi connectivity index (χ4n) is 14.2. The Morgan fingerprint density at radius 3 is 0.935 bits per heavy atom. The van der Waals surface area contributed by atoms with E-state index in [1.54, 1.807) is 0 Å². The summed E-state index contributed by atoms with van der Waals surface area (Å²) in [5.41, 5.74) is 29.9. The van der Waals surface area contributed by atoms with Gasteiger partial charge in [0, 0.05) is 45.0 Å². The fraction of sp³-hybridized carbons (Fsp3) is 0.200. The van der Waals surface area contributed by atoms with E-state index in [0.29, 0.717) is 0 Å². The molecule has 0 amide bonds. The van der Waals surface area contributed by atoms with E-state index in [0.717, 1.165) is 34.1 Å². The Morgan fingerprint density at radius 2 is 0.532 bits per heavy atom. The zero-order chi connectivity index (χ0) is 53.0. The molecular formula is C75H66N2. The third-order valence-electron chi connectivity index (χ3n) is 18.2. The summed E-state index contributed by atoms with van der Waals surface area (Å²) in [7, 11) is 0. The maximum absolute atomic E-state index is 2.54. The van der Waals surface area contributed by atoms with Gasteiger partial charge in [-0.1, -0.05) is 215 Å². The van der Waals surface area contributed by atoms with Gasteiger partial charge >= 0.3 is 0 Å². The lowest BCUT2D eigenvalue weighted by molar-refractivity contribution is 0.590. The summed E-state index contributed by atoms with van der Waals surface area (Å²) >= 11 is 0. The normalized spacial score (nSPS) is 15.2. The van der Waals surface area contributed by atoms with Crippen LogP contribution in [-0.2, 0) is 27.1 Å². The van der Waals surface area contributed by atoms with Crippen LogP contribution in [-0.4, -0.2) is 0 Å². The molecule has 4 aliphatic rings. The van der Waals surface area contributed by atoms with Crippen LogP contribution < -0.4 is 9.80 Å². The number of hydrogen-bond donors (Lipinski definition) is 0. The maximum atomic E-state index is 2.54. The number of hydrogen-bond acceptors (Lipinski definition) is 2. The second-order valence-electron chi connectivity index (χ2n) is 25.4. The molecule has 2 heteroatoms. The number of anilines is 6. The number of nitrogens with zero attached hydrogens (tertiary/aromatic N) is 2. The average molecular weight is 995 g/mol. The summed E-state index contributed by atoms with van der Waals surface area (Å²) in [6, 6.07) is 84.0. The van der Waals surface area contributed by atoms with Crippen molar-refractivity contribution in [2.75, 3.05) is 9.80 Å². The smallest absolute Gasteiger partial charge is 0.0726 e. The Morgan fingerprint density at radius 1 is 0.247 bits per heavy atom. The molecule has 0 atom stereocenters. The Bertz CT molecular complexity index is 4010. The molecule has 77 heavy (non-hydrogen) atoms. The number of fused-ring (bicyclic) bond motifs is 16. The molecule has 0 radical (unpaired) electrons. The van der Waals surface area contributed by atoms with E-state index in [4.69, 9.17) is 0 Å². The highest BCUT2D eigenvalue weighted by atomic mass is 15.1. The van der Waals surface area contributed by atoms with Gasteiger partial charge in [0.2, 0.25) is 0 Å². The largest absolute Gasteiger partial charge is 0.310 e. The van der Waals surface area contributed by atoms with Crippen molar-refractivity contribution in [2.45, 2.75) is 96.3 Å². The summed E-state index contributed by atoms with van der Waals surface area (Å²) < 4.78 is 0. The van der Waals surface area contributed by atoms with Gasteiger partial charge in [0.1, 0.15) is 0 Å². The average Bonchev–Trinajstić information content (AvgIpc) is 4.23. The lowest BCUT2D eigenvalue weighted by atomic mass is 9.70. The van der Waals surface area contributed by atoms with Crippen LogP contribution in [0.5, 0.6) is 0 Å². The summed E-state index contributed by atoms with van der Waals surface area (Å²) in [5.74, 6) is 0. The van der Waals surface area contributed by atoms with Gasteiger partial charge in [0.25, 0.3) is 0 Å². The topological polar surface area (TPSA) is 6.48 Å². The standard InChI is InChI=1S/C75H66N2/c1-71(2,3)47-27-31-49(32-28-47)76(52-35-39-59-55-19-11-15-23-63(55)73(7,8)68(59)44-52)51-38-42-67-62(43-51)61-41-37-54(46-70(61)75(67)65-25-17-13-21-57(65)58-22-14-18-26-66(58)75)77(50-33-29-48(30-34-50)72(4,5)6)53-36-40-60-56-20-12-16-24-64(56)74(9,10)69(60)45-53/h11-46H,1-10H3. The van der Waals surface area contributed by atoms with Crippen molar-refractivity contribution in [1.82, 2.24) is 0 Å². The van der Waals surface area contributed by atoms with Crippen LogP contribution in [0, 0.1) is 0 Å². The molecule has 0 heterocycles. The molecule has 0 aliphatic heterocycles. The molecule has 0 fully saturated rings. The van der Waals surface area contributed by atoms with Crippen LogP contribution in [0.1, 0.15) is 125 Å². The Labute approximate surface area is 456 Å². The Balaban J connectivity index is 0.995. The van der Waals surface area contributed by atoms with Crippen molar-refractivity contribution in [2.24, 2.45) is 0 Å². The Hall–Kier alpha value is -8.20.